The molecule has 0 saturated carbocycles. The summed E-state index contributed by atoms with van der Waals surface area (Å²) in [6, 6.07) is 33.1. The number of para-hydroxylation sites is 1. The third-order valence-corrected chi connectivity index (χ3v) is 14.0. The zero-order valence-electron chi connectivity index (χ0n) is 42.8. The Morgan fingerprint density at radius 1 is 0.630 bits per heavy atom. The molecule has 0 bridgehead atoms. The van der Waals surface area contributed by atoms with Gasteiger partial charge in [0.05, 0.1) is 46.7 Å². The third-order valence-electron chi connectivity index (χ3n) is 11.8. The van der Waals surface area contributed by atoms with Crippen LogP contribution in [-0.4, -0.2) is 123 Å². The van der Waals surface area contributed by atoms with Gasteiger partial charge in [-0.1, -0.05) is 72.8 Å². The van der Waals surface area contributed by atoms with Gasteiger partial charge in [-0.3, -0.25) is 19.0 Å². The lowest BCUT2D eigenvalue weighted by molar-refractivity contribution is -0.288. The molecule has 6 atom stereocenters. The van der Waals surface area contributed by atoms with Gasteiger partial charge in [0.1, 0.15) is 17.1 Å². The topological polar surface area (TPSA) is 195 Å². The van der Waals surface area contributed by atoms with Gasteiger partial charge in [-0.25, -0.2) is 14.3 Å². The summed E-state index contributed by atoms with van der Waals surface area (Å²) in [6.07, 6.45) is -7.06. The van der Waals surface area contributed by atoms with E-state index in [1.165, 1.54) is 4.57 Å². The number of benzene rings is 4. The molecule has 0 aliphatic carbocycles. The molecule has 0 N–H and O–H groups in total. The minimum atomic E-state index is -1.84. The van der Waals surface area contributed by atoms with Crippen LogP contribution in [0.15, 0.2) is 109 Å². The van der Waals surface area contributed by atoms with Crippen molar-refractivity contribution in [3.63, 3.8) is 0 Å². The molecule has 0 radical (unpaired) electrons. The maximum Gasteiger partial charge on any atom is 0.420 e. The lowest BCUT2D eigenvalue weighted by Crippen LogP contribution is -2.64. The Morgan fingerprint density at radius 2 is 1.15 bits per heavy atom. The van der Waals surface area contributed by atoms with Crippen molar-refractivity contribution in [2.24, 2.45) is 0 Å². The first-order chi connectivity index (χ1) is 35.0. The monoisotopic (exact) mass is 1030 g/mol. The molecular formula is C54H65N2O16P. The summed E-state index contributed by atoms with van der Waals surface area (Å²) in [5, 5.41) is 0.715. The second-order valence-electron chi connectivity index (χ2n) is 17.5. The van der Waals surface area contributed by atoms with Gasteiger partial charge in [-0.2, -0.15) is 0 Å². The molecule has 1 aliphatic heterocycles. The van der Waals surface area contributed by atoms with Gasteiger partial charge < -0.3 is 51.7 Å². The van der Waals surface area contributed by atoms with Crippen LogP contribution in [0, 0.1) is 0 Å². The van der Waals surface area contributed by atoms with Gasteiger partial charge in [0.25, 0.3) is 8.53 Å². The molecule has 0 amide bonds. The van der Waals surface area contributed by atoms with E-state index >= 15 is 0 Å². The number of ether oxygens (including phenoxy) is 9. The smallest absolute Gasteiger partial charge is 0.420 e. The highest BCUT2D eigenvalue weighted by atomic mass is 31.2. The van der Waals surface area contributed by atoms with Gasteiger partial charge in [0.2, 0.25) is 12.4 Å². The summed E-state index contributed by atoms with van der Waals surface area (Å²) in [5.41, 5.74) is 2.97. The summed E-state index contributed by atoms with van der Waals surface area (Å²) in [6.45, 7) is 12.4. The first-order valence-electron chi connectivity index (χ1n) is 23.9. The van der Waals surface area contributed by atoms with Crippen molar-refractivity contribution in [1.82, 2.24) is 9.24 Å². The molecule has 19 heteroatoms. The van der Waals surface area contributed by atoms with E-state index in [-0.39, 0.29) is 18.7 Å². The molecule has 0 spiro atoms. The maximum atomic E-state index is 14.2. The zero-order valence-corrected chi connectivity index (χ0v) is 43.7. The average molecular weight is 1030 g/mol. The number of carbonyl (C=O) groups excluding carboxylic acids is 5. The van der Waals surface area contributed by atoms with Crippen LogP contribution in [0.3, 0.4) is 0 Å². The predicted molar refractivity (Wildman–Crippen MR) is 269 cm³/mol. The Kier molecular flexibility index (Phi) is 19.9. The molecule has 1 aromatic heterocycles. The van der Waals surface area contributed by atoms with Crippen molar-refractivity contribution in [2.75, 3.05) is 41.2 Å². The van der Waals surface area contributed by atoms with Crippen molar-refractivity contribution in [3.8, 4) is 11.5 Å². The maximum absolute atomic E-state index is 14.2. The number of fused-ring (bicyclic) bond motifs is 1. The fourth-order valence-corrected chi connectivity index (χ4v) is 10.4. The van der Waals surface area contributed by atoms with Crippen LogP contribution >= 0.6 is 8.53 Å². The Balaban J connectivity index is 1.20. The molecule has 5 aromatic rings. The minimum absolute atomic E-state index is 0.0660. The van der Waals surface area contributed by atoms with Crippen LogP contribution in [0.5, 0.6) is 11.5 Å². The van der Waals surface area contributed by atoms with E-state index in [0.29, 0.717) is 37.0 Å². The van der Waals surface area contributed by atoms with Crippen molar-refractivity contribution in [3.05, 3.63) is 132 Å². The second-order valence-corrected chi connectivity index (χ2v) is 19.0. The van der Waals surface area contributed by atoms with Crippen LogP contribution < -0.4 is 9.47 Å². The highest BCUT2D eigenvalue weighted by molar-refractivity contribution is 7.44. The van der Waals surface area contributed by atoms with Gasteiger partial charge >= 0.3 is 30.0 Å². The molecule has 1 fully saturated rings. The highest BCUT2D eigenvalue weighted by Crippen LogP contribution is 2.47. The standard InChI is InChI=1S/C54H65N2O16P/c1-34(2)56(35(3)4)73(66-31-16-30-65-54(40-17-12-11-13-18-40,41-21-25-43(62-8)26-22-41)42-23-27-44(63-9)28-24-42)67-32-29-39-33-55(46-20-15-14-19-45(39)46)53(61)72-52-50(70-38(7)59)48(69-37(6)58)47(68-36(5)57)49(71-52)51(60)64-10/h11-15,17-28,33-35,47-50,52H,16,29-32H2,1-10H3. The fraction of sp³-hybridized carbons (Fsp3) is 0.426. The summed E-state index contributed by atoms with van der Waals surface area (Å²) >= 11 is 0. The summed E-state index contributed by atoms with van der Waals surface area (Å²) in [7, 11) is 2.73. The lowest BCUT2D eigenvalue weighted by Gasteiger charge is -2.42. The van der Waals surface area contributed by atoms with Crippen LogP contribution in [-0.2, 0) is 73.4 Å². The van der Waals surface area contributed by atoms with Crippen molar-refractivity contribution in [2.45, 2.75) is 110 Å². The Hall–Kier alpha value is -6.40. The number of rotatable bonds is 23. The van der Waals surface area contributed by atoms with Gasteiger partial charge in [-0.05, 0) is 93.1 Å². The molecule has 1 saturated heterocycles. The van der Waals surface area contributed by atoms with Gasteiger partial charge in [0.15, 0.2) is 18.3 Å². The number of hydrogen-bond donors (Lipinski definition) is 0. The molecule has 1 aliphatic rings. The van der Waals surface area contributed by atoms with Crippen LogP contribution in [0.25, 0.3) is 10.9 Å². The number of aromatic nitrogens is 1. The largest absolute Gasteiger partial charge is 0.497 e. The van der Waals surface area contributed by atoms with Crippen LogP contribution in [0.1, 0.15) is 77.1 Å². The number of carbonyl (C=O) groups is 5. The number of methoxy groups -OCH3 is 3. The molecule has 2 heterocycles. The van der Waals surface area contributed by atoms with Crippen LogP contribution in [0.2, 0.25) is 0 Å². The predicted octanol–water partition coefficient (Wildman–Crippen LogP) is 8.66. The first-order valence-corrected chi connectivity index (χ1v) is 25.0. The number of hydrogen-bond acceptors (Lipinski definition) is 17. The second kappa shape index (κ2) is 26.0. The highest BCUT2D eigenvalue weighted by Gasteiger charge is 2.56. The quantitative estimate of drug-likeness (QED) is 0.0198. The van der Waals surface area contributed by atoms with Crippen molar-refractivity contribution >= 4 is 49.4 Å². The molecule has 73 heavy (non-hydrogen) atoms. The third kappa shape index (κ3) is 13.6. The molecule has 392 valence electrons. The van der Waals surface area contributed by atoms with E-state index in [1.54, 1.807) is 32.5 Å². The van der Waals surface area contributed by atoms with E-state index in [0.717, 1.165) is 61.6 Å². The van der Waals surface area contributed by atoms with E-state index in [4.69, 9.17) is 51.7 Å². The molecular weight excluding hydrogens is 964 g/mol. The van der Waals surface area contributed by atoms with Crippen LogP contribution in [0.4, 0.5) is 4.79 Å². The molecule has 4 aromatic carbocycles. The summed E-state index contributed by atoms with van der Waals surface area (Å²) in [4.78, 5) is 64.1. The van der Waals surface area contributed by atoms with E-state index in [9.17, 15) is 24.0 Å². The molecule has 6 rings (SSSR count). The van der Waals surface area contributed by atoms with Gasteiger partial charge in [0, 0.05) is 44.4 Å². The van der Waals surface area contributed by atoms with E-state index in [2.05, 4.69) is 44.5 Å². The summed E-state index contributed by atoms with van der Waals surface area (Å²) in [5.74, 6) is -2.20. The zero-order chi connectivity index (χ0) is 52.8. The SMILES string of the molecule is COC(=O)C1OC(OC(=O)n2cc(CCOP(OCCCOC(c3ccccc3)(c3ccc(OC)cc3)c3ccc(OC)cc3)N(C(C)C)C(C)C)c3ccccc32)C(OC(C)=O)C(OC(C)=O)C1OC(C)=O. The number of esters is 4. The normalized spacial score (nSPS) is 18.3. The first kappa shape index (κ1) is 55.9. The fourth-order valence-electron chi connectivity index (χ4n) is 8.81. The van der Waals surface area contributed by atoms with Crippen molar-refractivity contribution < 1.29 is 75.7 Å². The van der Waals surface area contributed by atoms with Gasteiger partial charge in [-0.15, -0.1) is 0 Å². The van der Waals surface area contributed by atoms with E-state index in [1.807, 2.05) is 78.9 Å². The number of nitrogens with zero attached hydrogens (tertiary/aromatic N) is 2. The summed E-state index contributed by atoms with van der Waals surface area (Å²) < 4.78 is 67.6. The minimum Gasteiger partial charge on any atom is -0.497 e. The average Bonchev–Trinajstić information content (AvgIpc) is 3.74. The molecule has 18 nitrogen and oxygen atoms in total. The molecule has 6 unspecified atom stereocenters. The Bertz CT molecular complexity index is 2570. The van der Waals surface area contributed by atoms with Crippen molar-refractivity contribution in [1.29, 1.82) is 0 Å². The Morgan fingerprint density at radius 3 is 1.70 bits per heavy atom. The Labute approximate surface area is 426 Å². The lowest BCUT2D eigenvalue weighted by atomic mass is 9.80. The van der Waals surface area contributed by atoms with E-state index < -0.39 is 74.8 Å².